The number of rotatable bonds is 5. The molecule has 0 radical (unpaired) electrons. The fraction of sp³-hybridized carbons (Fsp3) is 0.444. The first-order valence-electron chi connectivity index (χ1n) is 7.29. The summed E-state index contributed by atoms with van der Waals surface area (Å²) in [6.45, 7) is 9.25. The molecule has 1 atom stereocenters. The highest BCUT2D eigenvalue weighted by Gasteiger charge is 2.33. The van der Waals surface area contributed by atoms with Crippen LogP contribution < -0.4 is 0 Å². The predicted octanol–water partition coefficient (Wildman–Crippen LogP) is 4.51. The van der Waals surface area contributed by atoms with Crippen molar-refractivity contribution in [2.45, 2.75) is 51.4 Å². The van der Waals surface area contributed by atoms with Crippen LogP contribution in [0.4, 0.5) is 0 Å². The van der Waals surface area contributed by atoms with Crippen LogP contribution in [0.25, 0.3) is 0 Å². The Kier molecular flexibility index (Phi) is 4.22. The Morgan fingerprint density at radius 3 is 1.70 bits per heavy atom. The summed E-state index contributed by atoms with van der Waals surface area (Å²) in [5.74, 6) is 0. The van der Waals surface area contributed by atoms with Crippen molar-refractivity contribution in [1.82, 2.24) is 9.97 Å². The van der Waals surface area contributed by atoms with E-state index in [0.717, 1.165) is 12.8 Å². The van der Waals surface area contributed by atoms with Gasteiger partial charge in [0.1, 0.15) is 0 Å². The molecule has 0 aliphatic carbocycles. The number of pyridine rings is 2. The molecule has 0 saturated heterocycles. The van der Waals surface area contributed by atoms with Gasteiger partial charge >= 0.3 is 0 Å². The number of aromatic nitrogens is 2. The van der Waals surface area contributed by atoms with Crippen molar-refractivity contribution in [3.8, 4) is 0 Å². The van der Waals surface area contributed by atoms with Crippen LogP contribution in [0.1, 0.15) is 51.7 Å². The van der Waals surface area contributed by atoms with E-state index >= 15 is 0 Å². The van der Waals surface area contributed by atoms with Crippen molar-refractivity contribution in [3.05, 3.63) is 60.2 Å². The topological polar surface area (TPSA) is 25.8 Å². The Balaban J connectivity index is 2.30. The van der Waals surface area contributed by atoms with Crippen LogP contribution >= 0.6 is 0 Å². The van der Waals surface area contributed by atoms with Gasteiger partial charge in [-0.05, 0) is 59.1 Å². The third-order valence-corrected chi connectivity index (χ3v) is 4.45. The van der Waals surface area contributed by atoms with Gasteiger partial charge in [0.05, 0.1) is 0 Å². The summed E-state index contributed by atoms with van der Waals surface area (Å²) in [6, 6.07) is 8.55. The molecule has 1 unspecified atom stereocenters. The van der Waals surface area contributed by atoms with Crippen LogP contribution in [-0.4, -0.2) is 9.97 Å². The molecule has 2 rings (SSSR count). The zero-order valence-corrected chi connectivity index (χ0v) is 12.9. The summed E-state index contributed by atoms with van der Waals surface area (Å²) in [6.07, 6.45) is 9.76. The first kappa shape index (κ1) is 14.7. The van der Waals surface area contributed by atoms with Crippen molar-refractivity contribution in [2.75, 3.05) is 0 Å². The molecule has 0 N–H and O–H groups in total. The first-order valence-corrected chi connectivity index (χ1v) is 7.29. The van der Waals surface area contributed by atoms with Crippen molar-refractivity contribution in [3.63, 3.8) is 0 Å². The van der Waals surface area contributed by atoms with Gasteiger partial charge in [0.15, 0.2) is 0 Å². The highest BCUT2D eigenvalue weighted by Crippen LogP contribution is 2.40. The summed E-state index contributed by atoms with van der Waals surface area (Å²) in [5, 5.41) is 0. The summed E-state index contributed by atoms with van der Waals surface area (Å²) in [7, 11) is 0. The Hall–Kier alpha value is -1.70. The first-order chi connectivity index (χ1) is 9.48. The lowest BCUT2D eigenvalue weighted by Gasteiger charge is -2.38. The third-order valence-electron chi connectivity index (χ3n) is 4.45. The van der Waals surface area contributed by atoms with E-state index < -0.39 is 0 Å². The highest BCUT2D eigenvalue weighted by atomic mass is 14.6. The maximum Gasteiger partial charge on any atom is 0.0270 e. The fourth-order valence-electron chi connectivity index (χ4n) is 3.07. The second-order valence-corrected chi connectivity index (χ2v) is 6.45. The summed E-state index contributed by atoms with van der Waals surface area (Å²) >= 11 is 0. The second kappa shape index (κ2) is 5.74. The molecule has 2 aromatic heterocycles. The lowest BCUT2D eigenvalue weighted by atomic mass is 9.67. The van der Waals surface area contributed by atoms with Crippen LogP contribution in [0.2, 0.25) is 0 Å². The molecular weight excluding hydrogens is 244 g/mol. The molecule has 2 heteroatoms. The number of hydrogen-bond donors (Lipinski definition) is 0. The van der Waals surface area contributed by atoms with Gasteiger partial charge in [0.2, 0.25) is 0 Å². The largest absolute Gasteiger partial charge is 0.265 e. The van der Waals surface area contributed by atoms with Gasteiger partial charge in [-0.2, -0.15) is 0 Å². The van der Waals surface area contributed by atoms with Gasteiger partial charge in [0, 0.05) is 24.8 Å². The van der Waals surface area contributed by atoms with Gasteiger partial charge in [-0.25, -0.2) is 0 Å². The van der Waals surface area contributed by atoms with E-state index in [2.05, 4.69) is 61.9 Å². The summed E-state index contributed by atoms with van der Waals surface area (Å²) < 4.78 is 0. The molecule has 0 amide bonds. The van der Waals surface area contributed by atoms with Gasteiger partial charge in [-0.3, -0.25) is 9.97 Å². The zero-order chi connectivity index (χ0) is 14.6. The Morgan fingerprint density at radius 1 is 0.800 bits per heavy atom. The molecule has 0 aliphatic heterocycles. The SMILES string of the molecule is CCC(C)(CC(C)(C)c1ccncc1)c1ccncc1. The average molecular weight is 268 g/mol. The van der Waals surface area contributed by atoms with Gasteiger partial charge < -0.3 is 0 Å². The Morgan fingerprint density at radius 2 is 1.25 bits per heavy atom. The van der Waals surface area contributed by atoms with E-state index in [1.165, 1.54) is 11.1 Å². The summed E-state index contributed by atoms with van der Waals surface area (Å²) in [4.78, 5) is 8.26. The van der Waals surface area contributed by atoms with Gasteiger partial charge in [0.25, 0.3) is 0 Å². The lowest BCUT2D eigenvalue weighted by Crippen LogP contribution is -2.31. The Bertz CT molecular complexity index is 534. The van der Waals surface area contributed by atoms with Crippen molar-refractivity contribution in [2.24, 2.45) is 0 Å². The standard InChI is InChI=1S/C18H24N2/c1-5-18(4,16-8-12-20-13-9-16)14-17(2,3)15-6-10-19-11-7-15/h6-13H,5,14H2,1-4H3. The number of nitrogens with zero attached hydrogens (tertiary/aromatic N) is 2. The second-order valence-electron chi connectivity index (χ2n) is 6.45. The van der Waals surface area contributed by atoms with Crippen LogP contribution in [0.3, 0.4) is 0 Å². The van der Waals surface area contributed by atoms with Crippen LogP contribution in [0.15, 0.2) is 49.1 Å². The van der Waals surface area contributed by atoms with Crippen LogP contribution in [0.5, 0.6) is 0 Å². The van der Waals surface area contributed by atoms with E-state index in [0.29, 0.717) is 0 Å². The average Bonchev–Trinajstić information content (AvgIpc) is 2.48. The van der Waals surface area contributed by atoms with E-state index in [1.54, 1.807) is 0 Å². The molecule has 2 nitrogen and oxygen atoms in total. The van der Waals surface area contributed by atoms with Crippen molar-refractivity contribution in [1.29, 1.82) is 0 Å². The molecule has 0 aromatic carbocycles. The molecule has 0 spiro atoms. The Labute approximate surface area is 122 Å². The maximum absolute atomic E-state index is 4.14. The highest BCUT2D eigenvalue weighted by molar-refractivity contribution is 5.27. The smallest absolute Gasteiger partial charge is 0.0270 e. The molecule has 0 bridgehead atoms. The third kappa shape index (κ3) is 3.06. The molecule has 106 valence electrons. The van der Waals surface area contributed by atoms with E-state index in [4.69, 9.17) is 0 Å². The van der Waals surface area contributed by atoms with E-state index in [1.807, 2.05) is 24.8 Å². The molecule has 20 heavy (non-hydrogen) atoms. The maximum atomic E-state index is 4.14. The van der Waals surface area contributed by atoms with E-state index in [-0.39, 0.29) is 10.8 Å². The van der Waals surface area contributed by atoms with E-state index in [9.17, 15) is 0 Å². The predicted molar refractivity (Wildman–Crippen MR) is 83.8 cm³/mol. The quantitative estimate of drug-likeness (QED) is 0.797. The van der Waals surface area contributed by atoms with Gasteiger partial charge in [-0.15, -0.1) is 0 Å². The molecule has 0 fully saturated rings. The molecule has 2 heterocycles. The molecule has 0 aliphatic rings. The van der Waals surface area contributed by atoms with Gasteiger partial charge in [-0.1, -0.05) is 27.7 Å². The van der Waals surface area contributed by atoms with Crippen LogP contribution in [0, 0.1) is 0 Å². The zero-order valence-electron chi connectivity index (χ0n) is 12.9. The van der Waals surface area contributed by atoms with Crippen LogP contribution in [-0.2, 0) is 10.8 Å². The molecule has 0 saturated carbocycles. The van der Waals surface area contributed by atoms with Crippen molar-refractivity contribution < 1.29 is 0 Å². The minimum absolute atomic E-state index is 0.122. The molecular formula is C18H24N2. The minimum Gasteiger partial charge on any atom is -0.265 e. The molecule has 2 aromatic rings. The monoisotopic (exact) mass is 268 g/mol. The van der Waals surface area contributed by atoms with Crippen molar-refractivity contribution >= 4 is 0 Å². The normalized spacial score (nSPS) is 14.8. The fourth-order valence-corrected chi connectivity index (χ4v) is 3.07. The number of hydrogen-bond acceptors (Lipinski definition) is 2. The summed E-state index contributed by atoms with van der Waals surface area (Å²) in [5.41, 5.74) is 3.01. The lowest BCUT2D eigenvalue weighted by molar-refractivity contribution is 0.316. The minimum atomic E-state index is 0.122.